The van der Waals surface area contributed by atoms with Gasteiger partial charge in [-0.3, -0.25) is 4.79 Å². The van der Waals surface area contributed by atoms with E-state index in [2.05, 4.69) is 10.6 Å². The lowest BCUT2D eigenvalue weighted by atomic mass is 10.1. The molecule has 0 saturated heterocycles. The van der Waals surface area contributed by atoms with Crippen molar-refractivity contribution in [3.8, 4) is 5.75 Å². The summed E-state index contributed by atoms with van der Waals surface area (Å²) in [6, 6.07) is 2.42. The van der Waals surface area contributed by atoms with Crippen molar-refractivity contribution in [2.24, 2.45) is 5.92 Å². The lowest BCUT2D eigenvalue weighted by molar-refractivity contribution is -0.126. The number of amides is 1. The molecule has 0 fully saturated rings. The zero-order valence-electron chi connectivity index (χ0n) is 12.8. The summed E-state index contributed by atoms with van der Waals surface area (Å²) >= 11 is 0. The Morgan fingerprint density at radius 1 is 1.24 bits per heavy atom. The molecule has 0 bridgehead atoms. The Hall–Kier alpha value is -1.69. The van der Waals surface area contributed by atoms with Crippen molar-refractivity contribution in [1.82, 2.24) is 10.6 Å². The van der Waals surface area contributed by atoms with Crippen LogP contribution in [0, 0.1) is 17.6 Å². The predicted molar refractivity (Wildman–Crippen MR) is 77.1 cm³/mol. The molecule has 1 aromatic rings. The van der Waals surface area contributed by atoms with Crippen molar-refractivity contribution in [3.05, 3.63) is 29.3 Å². The van der Waals surface area contributed by atoms with E-state index in [0.717, 1.165) is 6.54 Å². The SMILES string of the molecule is CNC(=O)C(C)Oc1c(F)cc(CNCC(C)C)cc1F. The molecule has 1 unspecified atom stereocenters. The topological polar surface area (TPSA) is 50.4 Å². The second-order valence-electron chi connectivity index (χ2n) is 5.29. The van der Waals surface area contributed by atoms with Crippen LogP contribution in [-0.2, 0) is 11.3 Å². The van der Waals surface area contributed by atoms with E-state index in [1.807, 2.05) is 13.8 Å². The van der Waals surface area contributed by atoms with Gasteiger partial charge < -0.3 is 15.4 Å². The first-order valence-electron chi connectivity index (χ1n) is 6.92. The molecule has 1 aromatic carbocycles. The summed E-state index contributed by atoms with van der Waals surface area (Å²) in [6.45, 7) is 6.65. The van der Waals surface area contributed by atoms with Crippen LogP contribution in [0.2, 0.25) is 0 Å². The van der Waals surface area contributed by atoms with E-state index in [1.54, 1.807) is 0 Å². The fourth-order valence-corrected chi connectivity index (χ4v) is 1.77. The van der Waals surface area contributed by atoms with Gasteiger partial charge in [0.25, 0.3) is 5.91 Å². The Morgan fingerprint density at radius 2 is 1.81 bits per heavy atom. The lowest BCUT2D eigenvalue weighted by Crippen LogP contribution is -2.34. The standard InChI is InChI=1S/C15H22F2N2O2/c1-9(2)7-19-8-11-5-12(16)14(13(17)6-11)21-10(3)15(20)18-4/h5-6,9-10,19H,7-8H2,1-4H3,(H,18,20). The van der Waals surface area contributed by atoms with Crippen LogP contribution in [0.15, 0.2) is 12.1 Å². The lowest BCUT2D eigenvalue weighted by Gasteiger charge is -2.15. The summed E-state index contributed by atoms with van der Waals surface area (Å²) in [5.74, 6) is -2.15. The average molecular weight is 300 g/mol. The van der Waals surface area contributed by atoms with E-state index in [0.29, 0.717) is 18.0 Å². The first kappa shape index (κ1) is 17.4. The van der Waals surface area contributed by atoms with E-state index in [-0.39, 0.29) is 0 Å². The first-order valence-corrected chi connectivity index (χ1v) is 6.92. The van der Waals surface area contributed by atoms with Gasteiger partial charge in [-0.1, -0.05) is 13.8 Å². The molecule has 21 heavy (non-hydrogen) atoms. The summed E-state index contributed by atoms with van der Waals surface area (Å²) in [5, 5.41) is 5.46. The summed E-state index contributed by atoms with van der Waals surface area (Å²) in [6.07, 6.45) is -0.969. The van der Waals surface area contributed by atoms with Crippen molar-refractivity contribution >= 4 is 5.91 Å². The highest BCUT2D eigenvalue weighted by Crippen LogP contribution is 2.24. The number of halogens is 2. The summed E-state index contributed by atoms with van der Waals surface area (Å²) in [7, 11) is 1.43. The fraction of sp³-hybridized carbons (Fsp3) is 0.533. The van der Waals surface area contributed by atoms with Gasteiger partial charge in [0.15, 0.2) is 23.5 Å². The maximum atomic E-state index is 13.9. The highest BCUT2D eigenvalue weighted by Gasteiger charge is 2.19. The van der Waals surface area contributed by atoms with Crippen molar-refractivity contribution < 1.29 is 18.3 Å². The van der Waals surface area contributed by atoms with E-state index in [9.17, 15) is 13.6 Å². The van der Waals surface area contributed by atoms with Gasteiger partial charge in [0.1, 0.15) is 0 Å². The van der Waals surface area contributed by atoms with Gasteiger partial charge in [0, 0.05) is 13.6 Å². The van der Waals surface area contributed by atoms with Crippen LogP contribution in [-0.4, -0.2) is 25.6 Å². The molecule has 0 aliphatic heterocycles. The number of ether oxygens (including phenoxy) is 1. The quantitative estimate of drug-likeness (QED) is 0.812. The van der Waals surface area contributed by atoms with Gasteiger partial charge in [-0.05, 0) is 37.1 Å². The number of hydrogen-bond acceptors (Lipinski definition) is 3. The molecule has 0 heterocycles. The summed E-state index contributed by atoms with van der Waals surface area (Å²) in [5.41, 5.74) is 0.491. The van der Waals surface area contributed by atoms with Gasteiger partial charge >= 0.3 is 0 Å². The molecule has 0 aromatic heterocycles. The third kappa shape index (κ3) is 5.30. The molecule has 0 aliphatic rings. The fourth-order valence-electron chi connectivity index (χ4n) is 1.77. The minimum Gasteiger partial charge on any atom is -0.475 e. The maximum Gasteiger partial charge on any atom is 0.260 e. The van der Waals surface area contributed by atoms with E-state index in [1.165, 1.54) is 26.1 Å². The number of rotatable bonds is 7. The molecule has 0 saturated carbocycles. The van der Waals surface area contributed by atoms with Crippen molar-refractivity contribution in [2.45, 2.75) is 33.4 Å². The Labute approximate surface area is 123 Å². The number of benzene rings is 1. The second kappa shape index (κ2) is 7.93. The first-order chi connectivity index (χ1) is 9.85. The monoisotopic (exact) mass is 300 g/mol. The smallest absolute Gasteiger partial charge is 0.260 e. The Bertz CT molecular complexity index is 470. The molecule has 0 spiro atoms. The molecular formula is C15H22F2N2O2. The minimum atomic E-state index is -0.969. The number of likely N-dealkylation sites (N-methyl/N-ethyl adjacent to an activating group) is 1. The number of carbonyl (C=O) groups excluding carboxylic acids is 1. The molecule has 1 amide bonds. The molecule has 6 heteroatoms. The molecule has 2 N–H and O–H groups in total. The van der Waals surface area contributed by atoms with Gasteiger partial charge in [-0.15, -0.1) is 0 Å². The minimum absolute atomic E-state index is 0.372. The van der Waals surface area contributed by atoms with Crippen LogP contribution in [0.3, 0.4) is 0 Å². The van der Waals surface area contributed by atoms with Crippen molar-refractivity contribution in [2.75, 3.05) is 13.6 Å². The summed E-state index contributed by atoms with van der Waals surface area (Å²) < 4.78 is 32.8. The number of hydrogen-bond donors (Lipinski definition) is 2. The maximum absolute atomic E-state index is 13.9. The van der Waals surface area contributed by atoms with Crippen LogP contribution in [0.5, 0.6) is 5.75 Å². The number of carbonyl (C=O) groups is 1. The number of nitrogens with one attached hydrogen (secondary N) is 2. The predicted octanol–water partition coefficient (Wildman–Crippen LogP) is 2.22. The van der Waals surface area contributed by atoms with Crippen LogP contribution < -0.4 is 15.4 Å². The third-order valence-corrected chi connectivity index (χ3v) is 2.85. The van der Waals surface area contributed by atoms with Crippen LogP contribution in [0.1, 0.15) is 26.3 Å². The van der Waals surface area contributed by atoms with Crippen LogP contribution in [0.25, 0.3) is 0 Å². The van der Waals surface area contributed by atoms with Gasteiger partial charge in [-0.25, -0.2) is 8.78 Å². The van der Waals surface area contributed by atoms with Crippen molar-refractivity contribution in [1.29, 1.82) is 0 Å². The molecule has 0 radical (unpaired) electrons. The zero-order valence-corrected chi connectivity index (χ0v) is 12.8. The average Bonchev–Trinajstić information content (AvgIpc) is 2.41. The molecule has 1 atom stereocenters. The van der Waals surface area contributed by atoms with Gasteiger partial charge in [0.2, 0.25) is 0 Å². The molecular weight excluding hydrogens is 278 g/mol. The molecule has 4 nitrogen and oxygen atoms in total. The van der Waals surface area contributed by atoms with Gasteiger partial charge in [0.05, 0.1) is 0 Å². The zero-order chi connectivity index (χ0) is 16.0. The highest BCUT2D eigenvalue weighted by molar-refractivity contribution is 5.80. The Balaban J connectivity index is 2.78. The Kier molecular flexibility index (Phi) is 6.55. The van der Waals surface area contributed by atoms with E-state index in [4.69, 9.17) is 4.74 Å². The highest BCUT2D eigenvalue weighted by atomic mass is 19.1. The largest absolute Gasteiger partial charge is 0.475 e. The third-order valence-electron chi connectivity index (χ3n) is 2.85. The van der Waals surface area contributed by atoms with E-state index < -0.39 is 29.4 Å². The van der Waals surface area contributed by atoms with E-state index >= 15 is 0 Å². The van der Waals surface area contributed by atoms with Crippen LogP contribution in [0.4, 0.5) is 8.78 Å². The molecule has 0 aliphatic carbocycles. The van der Waals surface area contributed by atoms with Crippen molar-refractivity contribution in [3.63, 3.8) is 0 Å². The van der Waals surface area contributed by atoms with Crippen LogP contribution >= 0.6 is 0 Å². The molecule has 1 rings (SSSR count). The molecule has 118 valence electrons. The second-order valence-corrected chi connectivity index (χ2v) is 5.29. The van der Waals surface area contributed by atoms with Gasteiger partial charge in [-0.2, -0.15) is 0 Å². The summed E-state index contributed by atoms with van der Waals surface area (Å²) in [4.78, 5) is 11.3. The normalized spacial score (nSPS) is 12.3. The Morgan fingerprint density at radius 3 is 2.29 bits per heavy atom.